The van der Waals surface area contributed by atoms with Gasteiger partial charge in [-0.2, -0.15) is 0 Å². The zero-order valence-corrected chi connectivity index (χ0v) is 20.6. The maximum atomic E-state index is 13.7. The quantitative estimate of drug-likeness (QED) is 0.552. The number of benzene rings is 1. The second kappa shape index (κ2) is 10.2. The Balaban J connectivity index is 1.87. The molecule has 2 aliphatic rings. The highest BCUT2D eigenvalue weighted by atomic mass is 32.2. The number of esters is 1. The second-order valence-corrected chi connectivity index (χ2v) is 11.4. The van der Waals surface area contributed by atoms with E-state index in [9.17, 15) is 22.4 Å². The third-order valence-corrected chi connectivity index (χ3v) is 7.60. The van der Waals surface area contributed by atoms with Gasteiger partial charge in [-0.1, -0.05) is 18.2 Å². The minimum absolute atomic E-state index is 0.0394. The van der Waals surface area contributed by atoms with Gasteiger partial charge in [0.2, 0.25) is 0 Å². The van der Waals surface area contributed by atoms with Crippen molar-refractivity contribution in [3.63, 3.8) is 0 Å². The maximum Gasteiger partial charge on any atom is 0.410 e. The van der Waals surface area contributed by atoms with Crippen molar-refractivity contribution in [2.45, 2.75) is 55.3 Å². The number of hydrogen-bond acceptors (Lipinski definition) is 7. The summed E-state index contributed by atoms with van der Waals surface area (Å²) < 4.78 is 55.7. The first-order valence-electron chi connectivity index (χ1n) is 11.0. The van der Waals surface area contributed by atoms with E-state index in [4.69, 9.17) is 9.47 Å². The molecule has 0 aromatic heterocycles. The number of rotatable bonds is 6. The fraction of sp³-hybridized carbons (Fsp3) is 0.500. The van der Waals surface area contributed by atoms with Gasteiger partial charge in [0.1, 0.15) is 17.2 Å². The van der Waals surface area contributed by atoms with Crippen LogP contribution in [-0.2, 0) is 24.1 Å². The Hall–Kier alpha value is -2.88. The van der Waals surface area contributed by atoms with Crippen LogP contribution in [0.4, 0.5) is 9.18 Å². The van der Waals surface area contributed by atoms with Gasteiger partial charge >= 0.3 is 12.1 Å². The predicted octanol–water partition coefficient (Wildman–Crippen LogP) is 3.92. The molecule has 0 saturated carbocycles. The predicted molar refractivity (Wildman–Crippen MR) is 123 cm³/mol. The summed E-state index contributed by atoms with van der Waals surface area (Å²) in [5.74, 6) is -1.07. The van der Waals surface area contributed by atoms with Crippen LogP contribution in [0.25, 0.3) is 0 Å². The lowest BCUT2D eigenvalue weighted by atomic mass is 9.97. The summed E-state index contributed by atoms with van der Waals surface area (Å²) in [4.78, 5) is 25.7. The normalized spacial score (nSPS) is 20.6. The van der Waals surface area contributed by atoms with E-state index in [0.29, 0.717) is 25.1 Å². The molecule has 34 heavy (non-hydrogen) atoms. The molecule has 1 aliphatic carbocycles. The van der Waals surface area contributed by atoms with Crippen LogP contribution < -0.4 is 4.74 Å². The first kappa shape index (κ1) is 25.7. The van der Waals surface area contributed by atoms with Gasteiger partial charge in [0.05, 0.1) is 17.3 Å². The third kappa shape index (κ3) is 6.16. The van der Waals surface area contributed by atoms with Crippen molar-refractivity contribution >= 4 is 21.9 Å². The number of hydrogen-bond donors (Lipinski definition) is 0. The number of amides is 1. The Bertz CT molecular complexity index is 1100. The number of ether oxygens (including phenoxy) is 3. The molecule has 1 heterocycles. The molecule has 8 nitrogen and oxygen atoms in total. The Morgan fingerprint density at radius 2 is 1.97 bits per heavy atom. The van der Waals surface area contributed by atoms with Gasteiger partial charge in [0, 0.05) is 25.4 Å². The molecule has 1 aromatic carbocycles. The van der Waals surface area contributed by atoms with Crippen molar-refractivity contribution in [1.82, 2.24) is 4.90 Å². The number of halogens is 1. The van der Waals surface area contributed by atoms with Crippen molar-refractivity contribution < 1.29 is 36.6 Å². The average Bonchev–Trinajstić information content (AvgIpc) is 3.26. The van der Waals surface area contributed by atoms with E-state index < -0.39 is 45.2 Å². The molecule has 2 atom stereocenters. The summed E-state index contributed by atoms with van der Waals surface area (Å²) in [6, 6.07) is 4.44. The molecule has 1 amide bonds. The summed E-state index contributed by atoms with van der Waals surface area (Å²) in [6.07, 6.45) is 4.00. The van der Waals surface area contributed by atoms with Gasteiger partial charge in [-0.3, -0.25) is 0 Å². The third-order valence-electron chi connectivity index (χ3n) is 5.56. The van der Waals surface area contributed by atoms with Crippen LogP contribution in [0.15, 0.2) is 47.1 Å². The van der Waals surface area contributed by atoms with E-state index in [-0.39, 0.29) is 23.0 Å². The van der Waals surface area contributed by atoms with E-state index in [2.05, 4.69) is 4.74 Å². The number of carbonyl (C=O) groups excluding carboxylic acids is 2. The largest absolute Gasteiger partial charge is 0.482 e. The molecule has 1 saturated heterocycles. The van der Waals surface area contributed by atoms with Crippen LogP contribution in [0, 0.1) is 0 Å². The standard InChI is InChI=1S/C24H30FNO7S/c1-24(2,3)33-23(28)26-11-10-16(14-26)20-9-8-19(13-21(20)32-15-22(27)31-4)34(29,30)18-7-5-6-17(25)12-18/h5-9,13,16,18H,10-12,14-15H2,1-4H3. The highest BCUT2D eigenvalue weighted by Gasteiger charge is 2.34. The summed E-state index contributed by atoms with van der Waals surface area (Å²) in [5, 5.41) is -1.04. The van der Waals surface area contributed by atoms with Crippen molar-refractivity contribution in [3.05, 3.63) is 47.8 Å². The Morgan fingerprint density at radius 1 is 1.24 bits per heavy atom. The fourth-order valence-electron chi connectivity index (χ4n) is 3.86. The summed E-state index contributed by atoms with van der Waals surface area (Å²) in [6.45, 7) is 5.79. The van der Waals surface area contributed by atoms with Gasteiger partial charge < -0.3 is 19.1 Å². The Kier molecular flexibility index (Phi) is 7.70. The summed E-state index contributed by atoms with van der Waals surface area (Å²) in [7, 11) is -2.67. The minimum Gasteiger partial charge on any atom is -0.482 e. The lowest BCUT2D eigenvalue weighted by Gasteiger charge is -2.24. The minimum atomic E-state index is -3.89. The molecule has 1 aromatic rings. The van der Waals surface area contributed by atoms with Gasteiger partial charge in [-0.25, -0.2) is 22.4 Å². The Morgan fingerprint density at radius 3 is 2.62 bits per heavy atom. The fourth-order valence-corrected chi connectivity index (χ4v) is 5.41. The molecular weight excluding hydrogens is 465 g/mol. The SMILES string of the molecule is COC(=O)COc1cc(S(=O)(=O)C2C=CC=C(F)C2)ccc1C1CCN(C(=O)OC(C)(C)C)C1. The van der Waals surface area contributed by atoms with Crippen molar-refractivity contribution in [3.8, 4) is 5.75 Å². The monoisotopic (exact) mass is 495 g/mol. The summed E-state index contributed by atoms with van der Waals surface area (Å²) in [5.41, 5.74) is 0.0431. The molecule has 1 fully saturated rings. The average molecular weight is 496 g/mol. The van der Waals surface area contributed by atoms with Crippen LogP contribution >= 0.6 is 0 Å². The first-order chi connectivity index (χ1) is 15.9. The molecule has 3 rings (SSSR count). The second-order valence-electron chi connectivity index (χ2n) is 9.26. The number of sulfone groups is 1. The van der Waals surface area contributed by atoms with E-state index in [0.717, 1.165) is 0 Å². The number of carbonyl (C=O) groups is 2. The highest BCUT2D eigenvalue weighted by Crippen LogP contribution is 2.37. The molecule has 0 N–H and O–H groups in total. The van der Waals surface area contributed by atoms with Crippen LogP contribution in [0.1, 0.15) is 45.1 Å². The van der Waals surface area contributed by atoms with Crippen molar-refractivity contribution in [2.24, 2.45) is 0 Å². The number of allylic oxidation sites excluding steroid dienone is 3. The highest BCUT2D eigenvalue weighted by molar-refractivity contribution is 7.92. The van der Waals surface area contributed by atoms with E-state index in [1.165, 1.54) is 37.5 Å². The van der Waals surface area contributed by atoms with Crippen LogP contribution in [0.5, 0.6) is 5.75 Å². The number of methoxy groups -OCH3 is 1. The molecule has 186 valence electrons. The van der Waals surface area contributed by atoms with E-state index in [1.807, 2.05) is 0 Å². The molecule has 1 aliphatic heterocycles. The van der Waals surface area contributed by atoms with Crippen molar-refractivity contribution in [2.75, 3.05) is 26.8 Å². The van der Waals surface area contributed by atoms with Gasteiger partial charge in [0.15, 0.2) is 16.4 Å². The molecule has 0 bridgehead atoms. The maximum absolute atomic E-state index is 13.7. The van der Waals surface area contributed by atoms with E-state index in [1.54, 1.807) is 31.7 Å². The van der Waals surface area contributed by atoms with Gasteiger partial charge in [-0.05, 0) is 51.0 Å². The lowest BCUT2D eigenvalue weighted by molar-refractivity contribution is -0.142. The summed E-state index contributed by atoms with van der Waals surface area (Å²) >= 11 is 0. The first-order valence-corrected chi connectivity index (χ1v) is 12.5. The molecule has 0 spiro atoms. The van der Waals surface area contributed by atoms with Gasteiger partial charge in [0.25, 0.3) is 0 Å². The lowest BCUT2D eigenvalue weighted by Crippen LogP contribution is -2.35. The topological polar surface area (TPSA) is 99.2 Å². The smallest absolute Gasteiger partial charge is 0.410 e. The molecule has 10 heteroatoms. The zero-order chi connectivity index (χ0) is 25.1. The molecular formula is C24H30FNO7S. The van der Waals surface area contributed by atoms with Crippen LogP contribution in [-0.4, -0.2) is 63.0 Å². The zero-order valence-electron chi connectivity index (χ0n) is 19.7. The van der Waals surface area contributed by atoms with E-state index >= 15 is 0 Å². The van der Waals surface area contributed by atoms with Gasteiger partial charge in [-0.15, -0.1) is 0 Å². The molecule has 0 radical (unpaired) electrons. The number of nitrogens with zero attached hydrogens (tertiary/aromatic N) is 1. The van der Waals surface area contributed by atoms with Crippen molar-refractivity contribution in [1.29, 1.82) is 0 Å². The number of likely N-dealkylation sites (tertiary alicyclic amines) is 1. The molecule has 2 unspecified atom stereocenters. The van der Waals surface area contributed by atoms with Crippen LogP contribution in [0.2, 0.25) is 0 Å². The van der Waals surface area contributed by atoms with Crippen LogP contribution in [0.3, 0.4) is 0 Å². The Labute approximate surface area is 199 Å².